The van der Waals surface area contributed by atoms with Gasteiger partial charge in [0.1, 0.15) is 11.9 Å². The summed E-state index contributed by atoms with van der Waals surface area (Å²) in [5.74, 6) is 2.21. The van der Waals surface area contributed by atoms with Crippen LogP contribution >= 0.6 is 0 Å². The standard InChI is InChI=1S/C13H17N3/c1-9-4-5-15-13(12(9)6-14)16-7-10(2)11(3)8-16/h4-5,10-11H,7-8H2,1-3H3. The molecule has 2 rings (SSSR count). The Morgan fingerprint density at radius 1 is 1.38 bits per heavy atom. The number of pyridine rings is 1. The second kappa shape index (κ2) is 4.13. The van der Waals surface area contributed by atoms with Crippen LogP contribution in [0.3, 0.4) is 0 Å². The van der Waals surface area contributed by atoms with E-state index in [0.29, 0.717) is 11.8 Å². The highest BCUT2D eigenvalue weighted by Gasteiger charge is 2.28. The zero-order valence-electron chi connectivity index (χ0n) is 10.1. The summed E-state index contributed by atoms with van der Waals surface area (Å²) < 4.78 is 0. The highest BCUT2D eigenvalue weighted by Crippen LogP contribution is 2.29. The van der Waals surface area contributed by atoms with E-state index in [0.717, 1.165) is 30.0 Å². The minimum atomic E-state index is 0.675. The first kappa shape index (κ1) is 10.9. The van der Waals surface area contributed by atoms with Gasteiger partial charge in [-0.15, -0.1) is 0 Å². The van der Waals surface area contributed by atoms with Crippen LogP contribution < -0.4 is 4.90 Å². The summed E-state index contributed by atoms with van der Waals surface area (Å²) in [6.45, 7) is 8.49. The molecular weight excluding hydrogens is 198 g/mol. The molecule has 3 heteroatoms. The smallest absolute Gasteiger partial charge is 0.146 e. The SMILES string of the molecule is Cc1ccnc(N2CC(C)C(C)C2)c1C#N. The van der Waals surface area contributed by atoms with Gasteiger partial charge in [-0.1, -0.05) is 13.8 Å². The Morgan fingerprint density at radius 3 is 2.56 bits per heavy atom. The molecule has 1 aliphatic rings. The minimum Gasteiger partial charge on any atom is -0.355 e. The highest BCUT2D eigenvalue weighted by molar-refractivity contribution is 5.57. The van der Waals surface area contributed by atoms with Crippen LogP contribution in [0.1, 0.15) is 25.0 Å². The summed E-state index contributed by atoms with van der Waals surface area (Å²) in [5.41, 5.74) is 1.74. The second-order valence-electron chi connectivity index (χ2n) is 4.80. The molecule has 0 spiro atoms. The molecule has 1 fully saturated rings. The van der Waals surface area contributed by atoms with E-state index >= 15 is 0 Å². The fourth-order valence-electron chi connectivity index (χ4n) is 2.22. The average Bonchev–Trinajstić information content (AvgIpc) is 2.59. The third-order valence-electron chi connectivity index (χ3n) is 3.54. The Hall–Kier alpha value is -1.56. The van der Waals surface area contributed by atoms with Crippen molar-refractivity contribution in [3.05, 3.63) is 23.4 Å². The van der Waals surface area contributed by atoms with E-state index in [1.165, 1.54) is 0 Å². The van der Waals surface area contributed by atoms with Gasteiger partial charge >= 0.3 is 0 Å². The molecule has 84 valence electrons. The summed E-state index contributed by atoms with van der Waals surface area (Å²) in [7, 11) is 0. The molecule has 3 nitrogen and oxygen atoms in total. The van der Waals surface area contributed by atoms with Gasteiger partial charge < -0.3 is 4.90 Å². The third-order valence-corrected chi connectivity index (χ3v) is 3.54. The first-order valence-corrected chi connectivity index (χ1v) is 5.74. The first-order chi connectivity index (χ1) is 7.63. The molecule has 1 aromatic heterocycles. The molecule has 0 N–H and O–H groups in total. The first-order valence-electron chi connectivity index (χ1n) is 5.74. The molecule has 2 atom stereocenters. The van der Waals surface area contributed by atoms with Gasteiger partial charge in [0.05, 0.1) is 5.56 Å². The minimum absolute atomic E-state index is 0.675. The van der Waals surface area contributed by atoms with Crippen molar-refractivity contribution in [3.63, 3.8) is 0 Å². The number of anilines is 1. The second-order valence-corrected chi connectivity index (χ2v) is 4.80. The molecule has 0 saturated carbocycles. The lowest BCUT2D eigenvalue weighted by Crippen LogP contribution is -2.22. The number of nitriles is 1. The van der Waals surface area contributed by atoms with E-state index in [1.807, 2.05) is 13.0 Å². The van der Waals surface area contributed by atoms with E-state index in [9.17, 15) is 5.26 Å². The maximum Gasteiger partial charge on any atom is 0.146 e. The van der Waals surface area contributed by atoms with Crippen molar-refractivity contribution in [1.29, 1.82) is 5.26 Å². The molecule has 0 bridgehead atoms. The predicted molar refractivity (Wildman–Crippen MR) is 64.2 cm³/mol. The number of nitrogens with zero attached hydrogens (tertiary/aromatic N) is 3. The van der Waals surface area contributed by atoms with Gasteiger partial charge in [-0.3, -0.25) is 0 Å². The Balaban J connectivity index is 2.35. The topological polar surface area (TPSA) is 39.9 Å². The van der Waals surface area contributed by atoms with Crippen molar-refractivity contribution < 1.29 is 0 Å². The Bertz CT molecular complexity index is 423. The molecule has 2 unspecified atom stereocenters. The van der Waals surface area contributed by atoms with Crippen LogP contribution in [0.4, 0.5) is 5.82 Å². The molecule has 1 saturated heterocycles. The van der Waals surface area contributed by atoms with E-state index < -0.39 is 0 Å². The number of hydrogen-bond acceptors (Lipinski definition) is 3. The molecular formula is C13H17N3. The van der Waals surface area contributed by atoms with Crippen LogP contribution in [0.15, 0.2) is 12.3 Å². The summed E-state index contributed by atoms with van der Waals surface area (Å²) >= 11 is 0. The van der Waals surface area contributed by atoms with Gasteiger partial charge in [0.2, 0.25) is 0 Å². The summed E-state index contributed by atoms with van der Waals surface area (Å²) in [5, 5.41) is 9.17. The lowest BCUT2D eigenvalue weighted by Gasteiger charge is -2.18. The van der Waals surface area contributed by atoms with Crippen molar-refractivity contribution in [2.45, 2.75) is 20.8 Å². The van der Waals surface area contributed by atoms with Crippen molar-refractivity contribution in [2.24, 2.45) is 11.8 Å². The van der Waals surface area contributed by atoms with Crippen molar-refractivity contribution in [2.75, 3.05) is 18.0 Å². The number of hydrogen-bond donors (Lipinski definition) is 0. The number of aryl methyl sites for hydroxylation is 1. The maximum absolute atomic E-state index is 9.17. The van der Waals surface area contributed by atoms with Gasteiger partial charge in [-0.25, -0.2) is 4.98 Å². The third kappa shape index (κ3) is 1.76. The normalized spacial score (nSPS) is 24.5. The largest absolute Gasteiger partial charge is 0.355 e. The lowest BCUT2D eigenvalue weighted by atomic mass is 10.0. The van der Waals surface area contributed by atoms with Crippen LogP contribution in [0.2, 0.25) is 0 Å². The van der Waals surface area contributed by atoms with E-state index in [2.05, 4.69) is 29.8 Å². The molecule has 1 aromatic rings. The Morgan fingerprint density at radius 2 is 2.00 bits per heavy atom. The van der Waals surface area contributed by atoms with Crippen LogP contribution in [-0.4, -0.2) is 18.1 Å². The van der Waals surface area contributed by atoms with Crippen LogP contribution in [0.25, 0.3) is 0 Å². The zero-order valence-corrected chi connectivity index (χ0v) is 10.1. The summed E-state index contributed by atoms with van der Waals surface area (Å²) in [4.78, 5) is 6.60. The lowest BCUT2D eigenvalue weighted by molar-refractivity contribution is 0.494. The molecule has 0 aliphatic carbocycles. The van der Waals surface area contributed by atoms with Gasteiger partial charge in [0.15, 0.2) is 0 Å². The van der Waals surface area contributed by atoms with Gasteiger partial charge in [-0.2, -0.15) is 5.26 Å². The quantitative estimate of drug-likeness (QED) is 0.722. The molecule has 0 aromatic carbocycles. The van der Waals surface area contributed by atoms with Gasteiger partial charge in [-0.05, 0) is 30.4 Å². The predicted octanol–water partition coefficient (Wildman–Crippen LogP) is 2.35. The fraction of sp³-hybridized carbons (Fsp3) is 0.538. The van der Waals surface area contributed by atoms with Crippen molar-refractivity contribution in [3.8, 4) is 6.07 Å². The highest BCUT2D eigenvalue weighted by atomic mass is 15.2. The summed E-state index contributed by atoms with van der Waals surface area (Å²) in [6.07, 6.45) is 1.79. The van der Waals surface area contributed by atoms with Crippen molar-refractivity contribution >= 4 is 5.82 Å². The van der Waals surface area contributed by atoms with E-state index in [4.69, 9.17) is 0 Å². The molecule has 16 heavy (non-hydrogen) atoms. The number of aromatic nitrogens is 1. The molecule has 0 radical (unpaired) electrons. The van der Waals surface area contributed by atoms with Gasteiger partial charge in [0, 0.05) is 19.3 Å². The fourth-order valence-corrected chi connectivity index (χ4v) is 2.22. The van der Waals surface area contributed by atoms with Crippen LogP contribution in [-0.2, 0) is 0 Å². The summed E-state index contributed by atoms with van der Waals surface area (Å²) in [6, 6.07) is 4.16. The molecule has 2 heterocycles. The number of rotatable bonds is 1. The van der Waals surface area contributed by atoms with Crippen molar-refractivity contribution in [1.82, 2.24) is 4.98 Å². The van der Waals surface area contributed by atoms with E-state index in [-0.39, 0.29) is 0 Å². The van der Waals surface area contributed by atoms with Gasteiger partial charge in [0.25, 0.3) is 0 Å². The molecule has 1 aliphatic heterocycles. The zero-order chi connectivity index (χ0) is 11.7. The average molecular weight is 215 g/mol. The maximum atomic E-state index is 9.17. The molecule has 0 amide bonds. The van der Waals surface area contributed by atoms with Crippen LogP contribution in [0, 0.1) is 30.1 Å². The Labute approximate surface area is 96.7 Å². The monoisotopic (exact) mass is 215 g/mol. The van der Waals surface area contributed by atoms with E-state index in [1.54, 1.807) is 6.20 Å². The van der Waals surface area contributed by atoms with Crippen LogP contribution in [0.5, 0.6) is 0 Å². The Kier molecular flexibility index (Phi) is 2.82.